The minimum Gasteiger partial charge on any atom is -0.310 e. The van der Waals surface area contributed by atoms with Gasteiger partial charge in [0.1, 0.15) is 0 Å². The molecular weight excluding hydrogens is 733 g/mol. The first-order valence-corrected chi connectivity index (χ1v) is 21.1. The van der Waals surface area contributed by atoms with Crippen molar-refractivity contribution in [2.45, 2.75) is 13.8 Å². The van der Waals surface area contributed by atoms with Crippen molar-refractivity contribution in [1.82, 2.24) is 4.57 Å². The molecule has 0 saturated heterocycles. The van der Waals surface area contributed by atoms with Crippen molar-refractivity contribution in [3.05, 3.63) is 217 Å². The molecule has 280 valence electrons. The molecule has 0 aliphatic heterocycles. The van der Waals surface area contributed by atoms with E-state index in [9.17, 15) is 0 Å². The van der Waals surface area contributed by atoms with Gasteiger partial charge in [-0.25, -0.2) is 0 Å². The van der Waals surface area contributed by atoms with Gasteiger partial charge in [-0.15, -0.1) is 11.3 Å². The largest absolute Gasteiger partial charge is 0.310 e. The third-order valence-electron chi connectivity index (χ3n) is 11.8. The van der Waals surface area contributed by atoms with Crippen LogP contribution in [0.1, 0.15) is 11.1 Å². The molecule has 9 aromatic carbocycles. The number of nitrogens with zero attached hydrogens (tertiary/aromatic N) is 2. The van der Waals surface area contributed by atoms with E-state index in [1.165, 1.54) is 92.2 Å². The van der Waals surface area contributed by atoms with E-state index in [-0.39, 0.29) is 0 Å². The van der Waals surface area contributed by atoms with Gasteiger partial charge in [0.2, 0.25) is 0 Å². The molecule has 0 amide bonds. The first kappa shape index (κ1) is 35.0. The van der Waals surface area contributed by atoms with Gasteiger partial charge in [0.25, 0.3) is 0 Å². The second-order valence-electron chi connectivity index (χ2n) is 15.4. The molecule has 2 nitrogen and oxygen atoms in total. The summed E-state index contributed by atoms with van der Waals surface area (Å²) in [6.45, 7) is 4.42. The topological polar surface area (TPSA) is 8.17 Å². The lowest BCUT2D eigenvalue weighted by molar-refractivity contribution is 1.18. The molecule has 0 bridgehead atoms. The summed E-state index contributed by atoms with van der Waals surface area (Å²) < 4.78 is 5.00. The van der Waals surface area contributed by atoms with Crippen molar-refractivity contribution in [1.29, 1.82) is 0 Å². The van der Waals surface area contributed by atoms with Crippen LogP contribution in [0, 0.1) is 13.8 Å². The third-order valence-corrected chi connectivity index (χ3v) is 13.0. The molecular formula is C56H40N2S. The predicted molar refractivity (Wildman–Crippen MR) is 254 cm³/mol. The molecule has 2 heterocycles. The third kappa shape index (κ3) is 5.85. The Labute approximate surface area is 348 Å². The highest BCUT2D eigenvalue weighted by Gasteiger charge is 2.25. The zero-order chi connectivity index (χ0) is 39.5. The summed E-state index contributed by atoms with van der Waals surface area (Å²) in [5, 5.41) is 5.04. The fourth-order valence-corrected chi connectivity index (χ4v) is 10.3. The number of thiophene rings is 1. The molecule has 11 aromatic rings. The fourth-order valence-electron chi connectivity index (χ4n) is 9.04. The Hall–Kier alpha value is -7.20. The lowest BCUT2D eigenvalue weighted by Crippen LogP contribution is -2.12. The van der Waals surface area contributed by atoms with E-state index in [0.29, 0.717) is 0 Å². The Kier molecular flexibility index (Phi) is 8.49. The van der Waals surface area contributed by atoms with E-state index >= 15 is 0 Å². The van der Waals surface area contributed by atoms with Gasteiger partial charge in [-0.05, 0) is 96.3 Å². The molecule has 0 saturated carbocycles. The number of rotatable bonds is 7. The number of aromatic nitrogens is 1. The van der Waals surface area contributed by atoms with E-state index in [4.69, 9.17) is 0 Å². The standard InChI is InChI=1S/C56H40N2S/c1-37-29-31-41(32-30-37)57(53-36-48(40-19-7-4-8-20-40)47(35-38(53)2)39-17-5-3-6-18-39)52-34-33-45(56-55(52)46-24-12-16-28-54(46)59-56)44-23-11-15-27-51(44)58-49-25-13-9-21-42(49)43-22-10-14-26-50(43)58/h3-36H,1-2H3. The van der Waals surface area contributed by atoms with Crippen molar-refractivity contribution >= 4 is 70.4 Å². The second-order valence-corrected chi connectivity index (χ2v) is 16.5. The van der Waals surface area contributed by atoms with Crippen molar-refractivity contribution < 1.29 is 0 Å². The van der Waals surface area contributed by atoms with Crippen LogP contribution in [0.4, 0.5) is 17.1 Å². The summed E-state index contributed by atoms with van der Waals surface area (Å²) >= 11 is 1.89. The van der Waals surface area contributed by atoms with Gasteiger partial charge in [-0.2, -0.15) is 0 Å². The van der Waals surface area contributed by atoms with Crippen LogP contribution in [0.3, 0.4) is 0 Å². The van der Waals surface area contributed by atoms with Gasteiger partial charge >= 0.3 is 0 Å². The zero-order valence-corrected chi connectivity index (χ0v) is 33.7. The number of anilines is 3. The quantitative estimate of drug-likeness (QED) is 0.157. The Balaban J connectivity index is 1.20. The maximum atomic E-state index is 2.50. The van der Waals surface area contributed by atoms with Crippen molar-refractivity contribution in [3.8, 4) is 39.1 Å². The molecule has 2 aromatic heterocycles. The molecule has 0 unspecified atom stereocenters. The van der Waals surface area contributed by atoms with Crippen LogP contribution < -0.4 is 4.90 Å². The van der Waals surface area contributed by atoms with Crippen molar-refractivity contribution in [3.63, 3.8) is 0 Å². The maximum Gasteiger partial charge on any atom is 0.0555 e. The lowest BCUT2D eigenvalue weighted by atomic mass is 9.91. The minimum atomic E-state index is 1.13. The number of hydrogen-bond donors (Lipinski definition) is 0. The molecule has 11 rings (SSSR count). The predicted octanol–water partition coefficient (Wildman–Crippen LogP) is 16.2. The number of fused-ring (bicyclic) bond motifs is 6. The molecule has 0 spiro atoms. The van der Waals surface area contributed by atoms with Crippen molar-refractivity contribution in [2.24, 2.45) is 0 Å². The highest BCUT2D eigenvalue weighted by atomic mass is 32.1. The van der Waals surface area contributed by atoms with Gasteiger partial charge in [0.15, 0.2) is 0 Å². The Morgan fingerprint density at radius 1 is 0.424 bits per heavy atom. The molecule has 0 radical (unpaired) electrons. The summed E-state index contributed by atoms with van der Waals surface area (Å²) in [5.41, 5.74) is 16.7. The van der Waals surface area contributed by atoms with Crippen LogP contribution in [0.25, 0.3) is 81.0 Å². The van der Waals surface area contributed by atoms with Crippen LogP contribution in [0.15, 0.2) is 206 Å². The van der Waals surface area contributed by atoms with Gasteiger partial charge in [0.05, 0.1) is 22.4 Å². The fraction of sp³-hybridized carbons (Fsp3) is 0.0357. The lowest BCUT2D eigenvalue weighted by Gasteiger charge is -2.30. The van der Waals surface area contributed by atoms with Crippen LogP contribution in [-0.2, 0) is 0 Å². The van der Waals surface area contributed by atoms with Gasteiger partial charge in [0, 0.05) is 53.4 Å². The van der Waals surface area contributed by atoms with Gasteiger partial charge in [-0.1, -0.05) is 157 Å². The van der Waals surface area contributed by atoms with E-state index < -0.39 is 0 Å². The van der Waals surface area contributed by atoms with Gasteiger partial charge in [-0.3, -0.25) is 0 Å². The summed E-state index contributed by atoms with van der Waals surface area (Å²) in [7, 11) is 0. The highest BCUT2D eigenvalue weighted by Crippen LogP contribution is 2.51. The van der Waals surface area contributed by atoms with Crippen LogP contribution >= 0.6 is 11.3 Å². The smallest absolute Gasteiger partial charge is 0.0555 e. The summed E-state index contributed by atoms with van der Waals surface area (Å²) in [4.78, 5) is 2.50. The molecule has 3 heteroatoms. The number of para-hydroxylation sites is 3. The molecule has 0 aliphatic carbocycles. The Bertz CT molecular complexity index is 3280. The molecule has 59 heavy (non-hydrogen) atoms. The number of aryl methyl sites for hydroxylation is 2. The van der Waals surface area contributed by atoms with Crippen LogP contribution in [-0.4, -0.2) is 4.57 Å². The van der Waals surface area contributed by atoms with E-state index in [1.54, 1.807) is 0 Å². The van der Waals surface area contributed by atoms with Crippen LogP contribution in [0.5, 0.6) is 0 Å². The highest BCUT2D eigenvalue weighted by molar-refractivity contribution is 7.26. The average molecular weight is 773 g/mol. The summed E-state index contributed by atoms with van der Waals surface area (Å²) in [5.74, 6) is 0. The average Bonchev–Trinajstić information content (AvgIpc) is 3.85. The van der Waals surface area contributed by atoms with E-state index in [1.807, 2.05) is 11.3 Å². The van der Waals surface area contributed by atoms with Gasteiger partial charge < -0.3 is 9.47 Å². The number of hydrogen-bond acceptors (Lipinski definition) is 2. The maximum absolute atomic E-state index is 2.50. The summed E-state index contributed by atoms with van der Waals surface area (Å²) in [6.07, 6.45) is 0. The first-order valence-electron chi connectivity index (χ1n) is 20.3. The molecule has 0 atom stereocenters. The monoisotopic (exact) mass is 772 g/mol. The first-order chi connectivity index (χ1) is 29.1. The van der Waals surface area contributed by atoms with Crippen LogP contribution in [0.2, 0.25) is 0 Å². The second kappa shape index (κ2) is 14.3. The molecule has 0 fully saturated rings. The zero-order valence-electron chi connectivity index (χ0n) is 32.9. The van der Waals surface area contributed by atoms with E-state index in [0.717, 1.165) is 17.1 Å². The summed E-state index contributed by atoms with van der Waals surface area (Å²) in [6, 6.07) is 75.6. The van der Waals surface area contributed by atoms with Crippen molar-refractivity contribution in [2.75, 3.05) is 4.90 Å². The Morgan fingerprint density at radius 2 is 0.983 bits per heavy atom. The molecule has 0 aliphatic rings. The normalized spacial score (nSPS) is 11.6. The Morgan fingerprint density at radius 3 is 1.66 bits per heavy atom. The number of benzene rings is 9. The SMILES string of the molecule is Cc1ccc(N(c2cc(-c3ccccc3)c(-c3ccccc3)cc2C)c2ccc(-c3ccccc3-n3c4ccccc4c4ccccc43)c3sc4ccccc4c23)cc1. The minimum absolute atomic E-state index is 1.13. The van der Waals surface area contributed by atoms with E-state index in [2.05, 4.69) is 230 Å². The molecule has 0 N–H and O–H groups in total.